The van der Waals surface area contributed by atoms with Crippen LogP contribution in [-0.4, -0.2) is 44.9 Å². The van der Waals surface area contributed by atoms with Crippen LogP contribution in [-0.2, 0) is 17.7 Å². The van der Waals surface area contributed by atoms with E-state index in [1.165, 1.54) is 5.56 Å². The van der Waals surface area contributed by atoms with Crippen LogP contribution < -0.4 is 15.4 Å². The van der Waals surface area contributed by atoms with E-state index in [2.05, 4.69) is 70.0 Å². The average Bonchev–Trinajstić information content (AvgIpc) is 2.77. The maximum absolute atomic E-state index is 5.87. The molecule has 0 bridgehead atoms. The van der Waals surface area contributed by atoms with Gasteiger partial charge in [-0.2, -0.15) is 0 Å². The normalized spacial score (nSPS) is 11.1. The Hall–Kier alpha value is -2.39. The van der Waals surface area contributed by atoms with Crippen molar-refractivity contribution in [2.75, 3.05) is 33.9 Å². The third kappa shape index (κ3) is 7.36. The Labute approximate surface area is 201 Å². The van der Waals surface area contributed by atoms with Gasteiger partial charge in [-0.1, -0.05) is 36.4 Å². The van der Waals surface area contributed by atoms with E-state index in [0.717, 1.165) is 46.7 Å². The van der Waals surface area contributed by atoms with Gasteiger partial charge in [0.05, 0.1) is 12.1 Å². The van der Waals surface area contributed by atoms with Crippen molar-refractivity contribution in [1.82, 2.24) is 15.6 Å². The number of aromatic nitrogens is 1. The zero-order valence-electron chi connectivity index (χ0n) is 18.4. The zero-order chi connectivity index (χ0) is 21.2. The number of nitrogens with one attached hydrogen (secondary N) is 2. The van der Waals surface area contributed by atoms with Crippen LogP contribution in [0, 0.1) is 6.92 Å². The summed E-state index contributed by atoms with van der Waals surface area (Å²) in [4.78, 5) is 8.86. The molecule has 1 aromatic heterocycles. The molecule has 0 amide bonds. The van der Waals surface area contributed by atoms with Gasteiger partial charge in [0.25, 0.3) is 0 Å². The average molecular weight is 534 g/mol. The van der Waals surface area contributed by atoms with Crippen LogP contribution in [0.3, 0.4) is 0 Å². The summed E-state index contributed by atoms with van der Waals surface area (Å²) in [6, 6.07) is 16.6. The van der Waals surface area contributed by atoms with Crippen LogP contribution in [0.4, 0.5) is 0 Å². The molecule has 7 heteroatoms. The second-order valence-electron chi connectivity index (χ2n) is 7.05. The van der Waals surface area contributed by atoms with Gasteiger partial charge in [-0.05, 0) is 36.6 Å². The third-order valence-electron chi connectivity index (χ3n) is 4.84. The number of aryl methyl sites for hydroxylation is 1. The topological polar surface area (TPSA) is 67.8 Å². The zero-order valence-corrected chi connectivity index (χ0v) is 20.7. The highest BCUT2D eigenvalue weighted by atomic mass is 127. The number of ether oxygens (including phenoxy) is 2. The minimum Gasteiger partial charge on any atom is -0.491 e. The number of rotatable bonds is 9. The number of benzene rings is 2. The lowest BCUT2D eigenvalue weighted by Crippen LogP contribution is -2.38. The van der Waals surface area contributed by atoms with E-state index >= 15 is 0 Å². The smallest absolute Gasteiger partial charge is 0.191 e. The highest BCUT2D eigenvalue weighted by molar-refractivity contribution is 14.0. The maximum Gasteiger partial charge on any atom is 0.191 e. The molecular formula is C24H31IN4O2. The maximum atomic E-state index is 5.87. The largest absolute Gasteiger partial charge is 0.491 e. The molecule has 0 spiro atoms. The molecule has 2 N–H and O–H groups in total. The minimum atomic E-state index is 0. The van der Waals surface area contributed by atoms with Crippen molar-refractivity contribution in [2.45, 2.75) is 19.9 Å². The number of nitrogens with zero attached hydrogens (tertiary/aromatic N) is 2. The van der Waals surface area contributed by atoms with Gasteiger partial charge in [0.2, 0.25) is 0 Å². The molecule has 0 aliphatic rings. The molecule has 0 fully saturated rings. The van der Waals surface area contributed by atoms with Gasteiger partial charge >= 0.3 is 0 Å². The van der Waals surface area contributed by atoms with Gasteiger partial charge in [0, 0.05) is 44.4 Å². The van der Waals surface area contributed by atoms with Crippen LogP contribution in [0.1, 0.15) is 16.7 Å². The number of halogens is 1. The van der Waals surface area contributed by atoms with Crippen molar-refractivity contribution < 1.29 is 9.47 Å². The Morgan fingerprint density at radius 1 is 1.03 bits per heavy atom. The second-order valence-corrected chi connectivity index (χ2v) is 7.05. The summed E-state index contributed by atoms with van der Waals surface area (Å²) in [6.45, 7) is 4.54. The van der Waals surface area contributed by atoms with Crippen molar-refractivity contribution in [3.05, 3.63) is 71.4 Å². The molecule has 0 saturated heterocycles. The molecule has 0 aliphatic carbocycles. The summed E-state index contributed by atoms with van der Waals surface area (Å²) in [5.41, 5.74) is 4.53. The van der Waals surface area contributed by atoms with E-state index in [1.807, 2.05) is 12.3 Å². The lowest BCUT2D eigenvalue weighted by Gasteiger charge is -2.15. The van der Waals surface area contributed by atoms with E-state index in [0.29, 0.717) is 19.8 Å². The lowest BCUT2D eigenvalue weighted by molar-refractivity contribution is 0.145. The molecule has 1 heterocycles. The fourth-order valence-corrected chi connectivity index (χ4v) is 3.26. The van der Waals surface area contributed by atoms with Gasteiger partial charge in [-0.25, -0.2) is 0 Å². The lowest BCUT2D eigenvalue weighted by atomic mass is 10.1. The molecule has 0 saturated carbocycles. The highest BCUT2D eigenvalue weighted by Crippen LogP contribution is 2.20. The number of methoxy groups -OCH3 is 1. The summed E-state index contributed by atoms with van der Waals surface area (Å²) in [6.07, 6.45) is 2.71. The van der Waals surface area contributed by atoms with Crippen LogP contribution in [0.15, 0.2) is 59.7 Å². The molecule has 0 radical (unpaired) electrons. The Kier molecular flexibility index (Phi) is 10.5. The molecular weight excluding hydrogens is 503 g/mol. The first-order valence-corrected chi connectivity index (χ1v) is 10.2. The number of hydrogen-bond acceptors (Lipinski definition) is 4. The summed E-state index contributed by atoms with van der Waals surface area (Å²) in [7, 11) is 3.45. The standard InChI is InChI=1S/C24H30N4O2.HI/c1-18-9-10-21(22(16-18)30-15-14-29-3)17-28-24(25-2)27-13-11-20-7-4-6-19-8-5-12-26-23(19)20;/h4-10,12,16H,11,13-15,17H2,1-3H3,(H2,25,27,28);1H. The molecule has 3 rings (SSSR count). The predicted molar refractivity (Wildman–Crippen MR) is 138 cm³/mol. The quantitative estimate of drug-likeness (QED) is 0.187. The Morgan fingerprint density at radius 3 is 2.68 bits per heavy atom. The summed E-state index contributed by atoms with van der Waals surface area (Å²) in [5, 5.41) is 7.92. The third-order valence-corrected chi connectivity index (χ3v) is 4.84. The molecule has 0 aliphatic heterocycles. The van der Waals surface area contributed by atoms with E-state index < -0.39 is 0 Å². The molecule has 3 aromatic rings. The first-order chi connectivity index (χ1) is 14.7. The summed E-state index contributed by atoms with van der Waals surface area (Å²) < 4.78 is 11.0. The fourth-order valence-electron chi connectivity index (χ4n) is 3.26. The molecule has 0 unspecified atom stereocenters. The minimum absolute atomic E-state index is 0. The van der Waals surface area contributed by atoms with Gasteiger partial charge < -0.3 is 20.1 Å². The number of fused-ring (bicyclic) bond motifs is 1. The number of guanidine groups is 1. The number of hydrogen-bond donors (Lipinski definition) is 2. The van der Waals surface area contributed by atoms with Gasteiger partial charge in [-0.15, -0.1) is 24.0 Å². The number of pyridine rings is 1. The summed E-state index contributed by atoms with van der Waals surface area (Å²) in [5.74, 6) is 1.63. The van der Waals surface area contributed by atoms with E-state index in [4.69, 9.17) is 9.47 Å². The molecule has 31 heavy (non-hydrogen) atoms. The monoisotopic (exact) mass is 534 g/mol. The van der Waals surface area contributed by atoms with Gasteiger partial charge in [0.15, 0.2) is 5.96 Å². The first kappa shape index (κ1) is 24.9. The van der Waals surface area contributed by atoms with E-state index in [1.54, 1.807) is 14.2 Å². The van der Waals surface area contributed by atoms with Crippen LogP contribution >= 0.6 is 24.0 Å². The van der Waals surface area contributed by atoms with Crippen molar-refractivity contribution in [1.29, 1.82) is 0 Å². The highest BCUT2D eigenvalue weighted by Gasteiger charge is 2.07. The SMILES string of the molecule is CN=C(NCCc1cccc2cccnc12)NCc1ccc(C)cc1OCCOC.I. The van der Waals surface area contributed by atoms with Crippen molar-refractivity contribution >= 4 is 40.8 Å². The number of aliphatic imine (C=N–C) groups is 1. The Morgan fingerprint density at radius 2 is 1.87 bits per heavy atom. The van der Waals surface area contributed by atoms with E-state index in [-0.39, 0.29) is 24.0 Å². The van der Waals surface area contributed by atoms with E-state index in [9.17, 15) is 0 Å². The van der Waals surface area contributed by atoms with Crippen LogP contribution in [0.25, 0.3) is 10.9 Å². The Bertz CT molecular complexity index is 989. The first-order valence-electron chi connectivity index (χ1n) is 10.2. The molecule has 2 aromatic carbocycles. The fraction of sp³-hybridized carbons (Fsp3) is 0.333. The van der Waals surface area contributed by atoms with Crippen molar-refractivity contribution in [2.24, 2.45) is 4.99 Å². The summed E-state index contributed by atoms with van der Waals surface area (Å²) >= 11 is 0. The van der Waals surface area contributed by atoms with Crippen molar-refractivity contribution in [3.8, 4) is 5.75 Å². The van der Waals surface area contributed by atoms with Crippen LogP contribution in [0.2, 0.25) is 0 Å². The molecule has 6 nitrogen and oxygen atoms in total. The molecule has 166 valence electrons. The van der Waals surface area contributed by atoms with Gasteiger partial charge in [-0.3, -0.25) is 9.98 Å². The number of para-hydroxylation sites is 1. The van der Waals surface area contributed by atoms with Crippen molar-refractivity contribution in [3.63, 3.8) is 0 Å². The van der Waals surface area contributed by atoms with Crippen LogP contribution in [0.5, 0.6) is 5.75 Å². The second kappa shape index (κ2) is 13.1. The predicted octanol–water partition coefficient (Wildman–Crippen LogP) is 4.09. The Balaban J connectivity index is 0.00000341. The molecule has 0 atom stereocenters. The van der Waals surface area contributed by atoms with Gasteiger partial charge in [0.1, 0.15) is 12.4 Å².